The van der Waals surface area contributed by atoms with Gasteiger partial charge >= 0.3 is 0 Å². The van der Waals surface area contributed by atoms with Crippen molar-refractivity contribution in [2.75, 3.05) is 6.54 Å². The Labute approximate surface area is 77.7 Å². The molecule has 0 aromatic heterocycles. The normalized spacial score (nSPS) is 15.8. The number of hydrogen-bond acceptors (Lipinski definition) is 1. The smallest absolute Gasteiger partial charge is 0.0444 e. The van der Waals surface area contributed by atoms with Crippen LogP contribution in [0.4, 0.5) is 0 Å². The second-order valence-corrected chi connectivity index (χ2v) is 3.72. The minimum Gasteiger partial charge on any atom is -0.312 e. The first kappa shape index (κ1) is 8.09. The largest absolute Gasteiger partial charge is 0.312 e. The Balaban J connectivity index is 2.53. The van der Waals surface area contributed by atoms with E-state index in [-0.39, 0.29) is 0 Å². The van der Waals surface area contributed by atoms with E-state index < -0.39 is 0 Å². The summed E-state index contributed by atoms with van der Waals surface area (Å²) in [6.07, 6.45) is 1.06. The zero-order chi connectivity index (χ0) is 8.55. The fourth-order valence-corrected chi connectivity index (χ4v) is 2.11. The van der Waals surface area contributed by atoms with Crippen LogP contribution >= 0.6 is 11.6 Å². The van der Waals surface area contributed by atoms with Crippen LogP contribution in [-0.4, -0.2) is 6.54 Å². The second-order valence-electron chi connectivity index (χ2n) is 3.31. The molecule has 12 heavy (non-hydrogen) atoms. The summed E-state index contributed by atoms with van der Waals surface area (Å²) < 4.78 is 0. The maximum Gasteiger partial charge on any atom is 0.0444 e. The fraction of sp³-hybridized carbons (Fsp3) is 0.400. The number of aryl methyl sites for hydroxylation is 1. The molecule has 0 fully saturated rings. The standard InChI is InChI=1S/C10H12ClN/c1-7-4-8-6-12-3-2-9(8)10(11)5-7/h4-5,12H,2-3,6H2,1H3. The lowest BCUT2D eigenvalue weighted by atomic mass is 9.99. The molecule has 0 saturated heterocycles. The lowest BCUT2D eigenvalue weighted by molar-refractivity contribution is 0.643. The summed E-state index contributed by atoms with van der Waals surface area (Å²) in [5.74, 6) is 0. The molecule has 64 valence electrons. The Hall–Kier alpha value is -0.530. The number of rotatable bonds is 0. The van der Waals surface area contributed by atoms with Gasteiger partial charge in [0.1, 0.15) is 0 Å². The fourth-order valence-electron chi connectivity index (χ4n) is 1.72. The van der Waals surface area contributed by atoms with E-state index in [9.17, 15) is 0 Å². The van der Waals surface area contributed by atoms with Gasteiger partial charge in [-0.1, -0.05) is 17.7 Å². The number of benzene rings is 1. The molecule has 0 radical (unpaired) electrons. The molecule has 0 spiro atoms. The highest BCUT2D eigenvalue weighted by molar-refractivity contribution is 6.31. The van der Waals surface area contributed by atoms with Gasteiger partial charge in [0.25, 0.3) is 0 Å². The van der Waals surface area contributed by atoms with Crippen molar-refractivity contribution < 1.29 is 0 Å². The van der Waals surface area contributed by atoms with Crippen molar-refractivity contribution in [3.63, 3.8) is 0 Å². The van der Waals surface area contributed by atoms with Crippen molar-refractivity contribution in [2.45, 2.75) is 19.9 Å². The molecule has 1 aromatic carbocycles. The lowest BCUT2D eigenvalue weighted by Gasteiger charge is -2.18. The van der Waals surface area contributed by atoms with Gasteiger partial charge in [0.15, 0.2) is 0 Å². The molecule has 0 bridgehead atoms. The van der Waals surface area contributed by atoms with Crippen LogP contribution in [0.25, 0.3) is 0 Å². The van der Waals surface area contributed by atoms with Gasteiger partial charge in [0.2, 0.25) is 0 Å². The van der Waals surface area contributed by atoms with Gasteiger partial charge in [0, 0.05) is 11.6 Å². The molecular weight excluding hydrogens is 170 g/mol. The van der Waals surface area contributed by atoms with E-state index in [1.165, 1.54) is 16.7 Å². The molecule has 2 rings (SSSR count). The van der Waals surface area contributed by atoms with Crippen LogP contribution in [0.2, 0.25) is 5.02 Å². The molecule has 0 atom stereocenters. The van der Waals surface area contributed by atoms with E-state index in [4.69, 9.17) is 11.6 Å². The molecule has 2 heteroatoms. The quantitative estimate of drug-likeness (QED) is 0.648. The minimum atomic E-state index is 0.937. The van der Waals surface area contributed by atoms with Crippen LogP contribution in [0.15, 0.2) is 12.1 Å². The molecule has 1 heterocycles. The van der Waals surface area contributed by atoms with Crippen LogP contribution in [0.5, 0.6) is 0 Å². The topological polar surface area (TPSA) is 12.0 Å². The third kappa shape index (κ3) is 1.35. The first-order valence-corrected chi connectivity index (χ1v) is 4.64. The van der Waals surface area contributed by atoms with Crippen LogP contribution < -0.4 is 5.32 Å². The van der Waals surface area contributed by atoms with Crippen LogP contribution in [-0.2, 0) is 13.0 Å². The number of fused-ring (bicyclic) bond motifs is 1. The zero-order valence-corrected chi connectivity index (χ0v) is 7.91. The first-order chi connectivity index (χ1) is 5.77. The highest BCUT2D eigenvalue weighted by Gasteiger charge is 2.11. The second kappa shape index (κ2) is 3.08. The predicted molar refractivity (Wildman–Crippen MR) is 51.6 cm³/mol. The zero-order valence-electron chi connectivity index (χ0n) is 7.15. The number of hydrogen-bond donors (Lipinski definition) is 1. The summed E-state index contributed by atoms with van der Waals surface area (Å²) in [6.45, 7) is 4.10. The Morgan fingerprint density at radius 2 is 2.25 bits per heavy atom. The summed E-state index contributed by atoms with van der Waals surface area (Å²) in [7, 11) is 0. The van der Waals surface area contributed by atoms with E-state index in [0.29, 0.717) is 0 Å². The van der Waals surface area contributed by atoms with Crippen molar-refractivity contribution in [2.24, 2.45) is 0 Å². The molecule has 0 amide bonds. The third-order valence-electron chi connectivity index (χ3n) is 2.30. The lowest BCUT2D eigenvalue weighted by Crippen LogP contribution is -2.23. The first-order valence-electron chi connectivity index (χ1n) is 4.26. The summed E-state index contributed by atoms with van der Waals surface area (Å²) >= 11 is 6.12. The van der Waals surface area contributed by atoms with Gasteiger partial charge in [-0.25, -0.2) is 0 Å². The summed E-state index contributed by atoms with van der Waals surface area (Å²) in [4.78, 5) is 0. The van der Waals surface area contributed by atoms with Gasteiger partial charge in [0.05, 0.1) is 0 Å². The number of nitrogens with one attached hydrogen (secondary N) is 1. The number of halogens is 1. The summed E-state index contributed by atoms with van der Waals surface area (Å²) in [5, 5.41) is 4.27. The average molecular weight is 182 g/mol. The molecule has 1 aliphatic rings. The van der Waals surface area contributed by atoms with Crippen LogP contribution in [0.3, 0.4) is 0 Å². The molecule has 1 aromatic rings. The highest BCUT2D eigenvalue weighted by atomic mass is 35.5. The van der Waals surface area contributed by atoms with Crippen molar-refractivity contribution in [3.8, 4) is 0 Å². The van der Waals surface area contributed by atoms with Crippen molar-refractivity contribution in [1.29, 1.82) is 0 Å². The van der Waals surface area contributed by atoms with Crippen LogP contribution in [0, 0.1) is 6.92 Å². The minimum absolute atomic E-state index is 0.937. The Morgan fingerprint density at radius 3 is 3.08 bits per heavy atom. The molecule has 1 nitrogen and oxygen atoms in total. The van der Waals surface area contributed by atoms with Crippen molar-refractivity contribution >= 4 is 11.6 Å². The molecular formula is C10H12ClN. The Kier molecular flexibility index (Phi) is 2.07. The van der Waals surface area contributed by atoms with Gasteiger partial charge in [-0.3, -0.25) is 0 Å². The Morgan fingerprint density at radius 1 is 1.42 bits per heavy atom. The van der Waals surface area contributed by atoms with Gasteiger partial charge in [-0.05, 0) is 42.6 Å². The van der Waals surface area contributed by atoms with E-state index in [1.54, 1.807) is 0 Å². The SMILES string of the molecule is Cc1cc(Cl)c2c(c1)CNCC2. The van der Waals surface area contributed by atoms with E-state index in [0.717, 1.165) is 24.5 Å². The van der Waals surface area contributed by atoms with Gasteiger partial charge in [-0.2, -0.15) is 0 Å². The Bertz CT molecular complexity index is 307. The monoisotopic (exact) mass is 181 g/mol. The van der Waals surface area contributed by atoms with Crippen molar-refractivity contribution in [1.82, 2.24) is 5.32 Å². The van der Waals surface area contributed by atoms with Crippen LogP contribution in [0.1, 0.15) is 16.7 Å². The predicted octanol–water partition coefficient (Wildman–Crippen LogP) is 2.29. The average Bonchev–Trinajstić information content (AvgIpc) is 2.04. The molecule has 0 unspecified atom stereocenters. The van der Waals surface area contributed by atoms with Gasteiger partial charge < -0.3 is 5.32 Å². The van der Waals surface area contributed by atoms with Gasteiger partial charge in [-0.15, -0.1) is 0 Å². The summed E-state index contributed by atoms with van der Waals surface area (Å²) in [6, 6.07) is 4.26. The molecule has 0 saturated carbocycles. The van der Waals surface area contributed by atoms with Crippen molar-refractivity contribution in [3.05, 3.63) is 33.8 Å². The maximum absolute atomic E-state index is 6.12. The molecule has 0 aliphatic carbocycles. The maximum atomic E-state index is 6.12. The molecule has 1 N–H and O–H groups in total. The summed E-state index contributed by atoms with van der Waals surface area (Å²) in [5.41, 5.74) is 3.95. The third-order valence-corrected chi connectivity index (χ3v) is 2.64. The highest BCUT2D eigenvalue weighted by Crippen LogP contribution is 2.24. The van der Waals surface area contributed by atoms with E-state index >= 15 is 0 Å². The molecule has 1 aliphatic heterocycles. The van der Waals surface area contributed by atoms with E-state index in [2.05, 4.69) is 18.3 Å². The van der Waals surface area contributed by atoms with E-state index in [1.807, 2.05) is 6.07 Å².